The zero-order chi connectivity index (χ0) is 13.1. The van der Waals surface area contributed by atoms with E-state index in [0.29, 0.717) is 5.56 Å². The number of thioether (sulfide) groups is 1. The molecule has 1 fully saturated rings. The molecule has 0 spiro atoms. The average molecular weight is 265 g/mol. The molecule has 18 heavy (non-hydrogen) atoms. The Kier molecular flexibility index (Phi) is 3.91. The van der Waals surface area contributed by atoms with Gasteiger partial charge >= 0.3 is 5.97 Å². The molecule has 1 amide bonds. The van der Waals surface area contributed by atoms with Crippen molar-refractivity contribution in [2.24, 2.45) is 0 Å². The van der Waals surface area contributed by atoms with Crippen molar-refractivity contribution in [3.05, 3.63) is 29.8 Å². The van der Waals surface area contributed by atoms with E-state index in [1.165, 1.54) is 4.90 Å². The summed E-state index contributed by atoms with van der Waals surface area (Å²) in [5.74, 6) is -1.15. The summed E-state index contributed by atoms with van der Waals surface area (Å²) in [5.41, 5.74) is 0.556. The number of carbonyl (C=O) groups is 2. The van der Waals surface area contributed by atoms with Gasteiger partial charge in [0.25, 0.3) is 5.91 Å². The third-order valence-corrected chi connectivity index (χ3v) is 3.63. The molecule has 0 aromatic heterocycles. The van der Waals surface area contributed by atoms with Crippen LogP contribution in [-0.4, -0.2) is 40.7 Å². The van der Waals surface area contributed by atoms with Gasteiger partial charge < -0.3 is 10.0 Å². The largest absolute Gasteiger partial charge is 0.480 e. The topological polar surface area (TPSA) is 57.6 Å². The van der Waals surface area contributed by atoms with E-state index in [1.54, 1.807) is 23.9 Å². The first kappa shape index (κ1) is 13.0. The SMILES string of the molecule is CSc1ccc(C(=O)N(CC(=O)O)C2CC2)cc1. The standard InChI is InChI=1S/C13H15NO3S/c1-18-11-6-2-9(3-7-11)13(17)14(8-12(15)16)10-4-5-10/h2-3,6-7,10H,4-5,8H2,1H3,(H,15,16). The minimum atomic E-state index is -0.962. The third kappa shape index (κ3) is 3.04. The zero-order valence-electron chi connectivity index (χ0n) is 10.1. The first-order chi connectivity index (χ1) is 8.61. The number of rotatable bonds is 5. The summed E-state index contributed by atoms with van der Waals surface area (Å²) < 4.78 is 0. The van der Waals surface area contributed by atoms with Crippen molar-refractivity contribution in [3.8, 4) is 0 Å². The fourth-order valence-corrected chi connectivity index (χ4v) is 2.21. The smallest absolute Gasteiger partial charge is 0.323 e. The van der Waals surface area contributed by atoms with Gasteiger partial charge in [-0.2, -0.15) is 0 Å². The summed E-state index contributed by atoms with van der Waals surface area (Å²) in [6.07, 6.45) is 3.78. The number of amides is 1. The van der Waals surface area contributed by atoms with E-state index in [1.807, 2.05) is 18.4 Å². The Hall–Kier alpha value is -1.49. The maximum atomic E-state index is 12.2. The molecule has 5 heteroatoms. The molecule has 0 atom stereocenters. The molecule has 4 nitrogen and oxygen atoms in total. The van der Waals surface area contributed by atoms with Gasteiger partial charge in [-0.15, -0.1) is 11.8 Å². The summed E-state index contributed by atoms with van der Waals surface area (Å²) in [4.78, 5) is 25.5. The van der Waals surface area contributed by atoms with Gasteiger partial charge in [0, 0.05) is 16.5 Å². The van der Waals surface area contributed by atoms with E-state index in [0.717, 1.165) is 17.7 Å². The van der Waals surface area contributed by atoms with Crippen LogP contribution in [0.4, 0.5) is 0 Å². The Morgan fingerprint density at radius 2 is 1.94 bits per heavy atom. The van der Waals surface area contributed by atoms with Crippen LogP contribution < -0.4 is 0 Å². The van der Waals surface area contributed by atoms with E-state index in [4.69, 9.17) is 5.11 Å². The summed E-state index contributed by atoms with van der Waals surface area (Å²) in [5, 5.41) is 8.84. The number of aliphatic carboxylic acids is 1. The van der Waals surface area contributed by atoms with E-state index >= 15 is 0 Å². The predicted octanol–water partition coefficient (Wildman–Crippen LogP) is 2.10. The van der Waals surface area contributed by atoms with Crippen LogP contribution in [0.3, 0.4) is 0 Å². The molecule has 0 saturated heterocycles. The lowest BCUT2D eigenvalue weighted by Crippen LogP contribution is -2.37. The van der Waals surface area contributed by atoms with E-state index in [-0.39, 0.29) is 18.5 Å². The minimum Gasteiger partial charge on any atom is -0.480 e. The van der Waals surface area contributed by atoms with E-state index in [2.05, 4.69) is 0 Å². The highest BCUT2D eigenvalue weighted by Gasteiger charge is 2.34. The van der Waals surface area contributed by atoms with Crippen molar-refractivity contribution in [3.63, 3.8) is 0 Å². The van der Waals surface area contributed by atoms with Crippen LogP contribution in [0.1, 0.15) is 23.2 Å². The molecule has 1 aliphatic rings. The number of carbonyl (C=O) groups excluding carboxylic acids is 1. The van der Waals surface area contributed by atoms with Crippen LogP contribution >= 0.6 is 11.8 Å². The minimum absolute atomic E-state index is 0.105. The van der Waals surface area contributed by atoms with Crippen molar-refractivity contribution in [2.75, 3.05) is 12.8 Å². The second-order valence-corrected chi connectivity index (χ2v) is 5.17. The van der Waals surface area contributed by atoms with Crippen molar-refractivity contribution in [1.82, 2.24) is 4.90 Å². The monoisotopic (exact) mass is 265 g/mol. The van der Waals surface area contributed by atoms with Gasteiger partial charge in [-0.3, -0.25) is 9.59 Å². The van der Waals surface area contributed by atoms with Gasteiger partial charge in [0.2, 0.25) is 0 Å². The van der Waals surface area contributed by atoms with Gasteiger partial charge in [-0.25, -0.2) is 0 Å². The molecule has 2 rings (SSSR count). The van der Waals surface area contributed by atoms with Crippen LogP contribution in [0.15, 0.2) is 29.2 Å². The zero-order valence-corrected chi connectivity index (χ0v) is 10.9. The van der Waals surface area contributed by atoms with Crippen molar-refractivity contribution in [2.45, 2.75) is 23.8 Å². The van der Waals surface area contributed by atoms with E-state index < -0.39 is 5.97 Å². The summed E-state index contributed by atoms with van der Waals surface area (Å²) in [6, 6.07) is 7.37. The number of nitrogens with zero attached hydrogens (tertiary/aromatic N) is 1. The van der Waals surface area contributed by atoms with Gasteiger partial charge in [0.15, 0.2) is 0 Å². The maximum absolute atomic E-state index is 12.2. The molecule has 0 bridgehead atoms. The molecule has 1 aromatic rings. The maximum Gasteiger partial charge on any atom is 0.323 e. The molecular formula is C13H15NO3S. The fraction of sp³-hybridized carbons (Fsp3) is 0.385. The van der Waals surface area contributed by atoms with Crippen LogP contribution in [0, 0.1) is 0 Å². The highest BCUT2D eigenvalue weighted by Crippen LogP contribution is 2.28. The second-order valence-electron chi connectivity index (χ2n) is 4.29. The van der Waals surface area contributed by atoms with Crippen LogP contribution in [0.25, 0.3) is 0 Å². The van der Waals surface area contributed by atoms with Crippen LogP contribution in [-0.2, 0) is 4.79 Å². The molecule has 1 saturated carbocycles. The van der Waals surface area contributed by atoms with Crippen molar-refractivity contribution in [1.29, 1.82) is 0 Å². The Balaban J connectivity index is 2.13. The molecular weight excluding hydrogens is 250 g/mol. The van der Waals surface area contributed by atoms with Crippen molar-refractivity contribution < 1.29 is 14.7 Å². The second kappa shape index (κ2) is 5.44. The van der Waals surface area contributed by atoms with Crippen LogP contribution in [0.5, 0.6) is 0 Å². The van der Waals surface area contributed by atoms with E-state index in [9.17, 15) is 9.59 Å². The van der Waals surface area contributed by atoms with Gasteiger partial charge in [0.1, 0.15) is 6.54 Å². The molecule has 1 aliphatic carbocycles. The van der Waals surface area contributed by atoms with Gasteiger partial charge in [-0.05, 0) is 43.4 Å². The summed E-state index contributed by atoms with van der Waals surface area (Å²) in [6.45, 7) is -0.215. The Bertz CT molecular complexity index is 454. The lowest BCUT2D eigenvalue weighted by molar-refractivity contribution is -0.137. The quantitative estimate of drug-likeness (QED) is 0.828. The Morgan fingerprint density at radius 3 is 2.39 bits per heavy atom. The molecule has 1 aromatic carbocycles. The predicted molar refractivity (Wildman–Crippen MR) is 69.9 cm³/mol. The summed E-state index contributed by atoms with van der Waals surface area (Å²) in [7, 11) is 0. The highest BCUT2D eigenvalue weighted by atomic mass is 32.2. The normalized spacial score (nSPS) is 14.3. The number of carboxylic acid groups (broad SMARTS) is 1. The molecule has 96 valence electrons. The number of benzene rings is 1. The number of hydrogen-bond donors (Lipinski definition) is 1. The molecule has 0 aliphatic heterocycles. The lowest BCUT2D eigenvalue weighted by atomic mass is 10.2. The Labute approximate surface area is 110 Å². The number of hydrogen-bond acceptors (Lipinski definition) is 3. The molecule has 0 radical (unpaired) electrons. The Morgan fingerprint density at radius 1 is 1.33 bits per heavy atom. The molecule has 0 heterocycles. The van der Waals surface area contributed by atoms with Gasteiger partial charge in [-0.1, -0.05) is 0 Å². The summed E-state index contributed by atoms with van der Waals surface area (Å²) >= 11 is 1.61. The first-order valence-corrected chi connectivity index (χ1v) is 7.01. The molecule has 0 unspecified atom stereocenters. The highest BCUT2D eigenvalue weighted by molar-refractivity contribution is 7.98. The fourth-order valence-electron chi connectivity index (χ4n) is 1.80. The molecule has 1 N–H and O–H groups in total. The lowest BCUT2D eigenvalue weighted by Gasteiger charge is -2.20. The number of carboxylic acids is 1. The first-order valence-electron chi connectivity index (χ1n) is 5.78. The third-order valence-electron chi connectivity index (χ3n) is 2.89. The van der Waals surface area contributed by atoms with Crippen LogP contribution in [0.2, 0.25) is 0 Å². The van der Waals surface area contributed by atoms with Crippen molar-refractivity contribution >= 4 is 23.6 Å². The van der Waals surface area contributed by atoms with Gasteiger partial charge in [0.05, 0.1) is 0 Å². The average Bonchev–Trinajstić information content (AvgIpc) is 3.19.